The minimum atomic E-state index is 0.284. The lowest BCUT2D eigenvalue weighted by Gasteiger charge is -2.14. The number of benzene rings is 2. The normalized spacial score (nSPS) is 16.8. The lowest BCUT2D eigenvalue weighted by atomic mass is 10.2. The highest BCUT2D eigenvalue weighted by Gasteiger charge is 2.15. The van der Waals surface area contributed by atoms with Crippen molar-refractivity contribution < 1.29 is 4.74 Å². The van der Waals surface area contributed by atoms with E-state index in [-0.39, 0.29) is 6.10 Å². The van der Waals surface area contributed by atoms with Gasteiger partial charge >= 0.3 is 0 Å². The van der Waals surface area contributed by atoms with Crippen LogP contribution in [0.4, 0.5) is 17.1 Å². The number of thiocarbonyl (C=S) groups is 1. The first-order valence-corrected chi connectivity index (χ1v) is 8.29. The van der Waals surface area contributed by atoms with Gasteiger partial charge in [-0.3, -0.25) is 0 Å². The lowest BCUT2D eigenvalue weighted by Crippen LogP contribution is -2.34. The van der Waals surface area contributed by atoms with Crippen LogP contribution in [0.15, 0.2) is 54.6 Å². The van der Waals surface area contributed by atoms with Gasteiger partial charge in [0.1, 0.15) is 0 Å². The first kappa shape index (κ1) is 15.8. The van der Waals surface area contributed by atoms with Gasteiger partial charge in [-0.05, 0) is 61.5 Å². The Morgan fingerprint density at radius 3 is 2.39 bits per heavy atom. The number of rotatable bonds is 5. The zero-order chi connectivity index (χ0) is 15.9. The molecule has 0 radical (unpaired) electrons. The number of hydrogen-bond acceptors (Lipinski definition) is 3. The first-order valence-electron chi connectivity index (χ1n) is 7.88. The van der Waals surface area contributed by atoms with E-state index in [2.05, 4.69) is 16.0 Å². The summed E-state index contributed by atoms with van der Waals surface area (Å²) in [6.07, 6.45) is 2.53. The van der Waals surface area contributed by atoms with Crippen LogP contribution >= 0.6 is 12.2 Å². The monoisotopic (exact) mass is 327 g/mol. The average Bonchev–Trinajstić information content (AvgIpc) is 3.09. The number of ether oxygens (including phenoxy) is 1. The van der Waals surface area contributed by atoms with Crippen LogP contribution in [-0.4, -0.2) is 24.4 Å². The van der Waals surface area contributed by atoms with Crippen LogP contribution in [0.3, 0.4) is 0 Å². The minimum absolute atomic E-state index is 0.284. The molecule has 0 aliphatic carbocycles. The molecule has 2 aromatic carbocycles. The van der Waals surface area contributed by atoms with Gasteiger partial charge in [-0.15, -0.1) is 0 Å². The topological polar surface area (TPSA) is 45.3 Å². The van der Waals surface area contributed by atoms with Crippen LogP contribution in [0.2, 0.25) is 0 Å². The summed E-state index contributed by atoms with van der Waals surface area (Å²) in [6.45, 7) is 1.63. The summed E-state index contributed by atoms with van der Waals surface area (Å²) in [5, 5.41) is 10.4. The van der Waals surface area contributed by atoms with Crippen LogP contribution in [0.5, 0.6) is 0 Å². The zero-order valence-corrected chi connectivity index (χ0v) is 13.7. The maximum absolute atomic E-state index is 5.57. The van der Waals surface area contributed by atoms with E-state index < -0.39 is 0 Å². The number of hydrogen-bond donors (Lipinski definition) is 3. The summed E-state index contributed by atoms with van der Waals surface area (Å²) in [5.74, 6) is 0. The number of para-hydroxylation sites is 1. The standard InChI is InChI=1S/C18H21N3OS/c23-18(19-13-17-7-4-12-22-17)21-16-10-8-15(9-11-16)20-14-5-2-1-3-6-14/h1-3,5-6,8-11,17,20H,4,7,12-13H2,(H2,19,21,23)/t17-/m1/s1. The summed E-state index contributed by atoms with van der Waals surface area (Å²) in [5.41, 5.74) is 3.08. The highest BCUT2D eigenvalue weighted by molar-refractivity contribution is 7.80. The predicted octanol–water partition coefficient (Wildman–Crippen LogP) is 3.90. The van der Waals surface area contributed by atoms with Crippen molar-refractivity contribution in [2.75, 3.05) is 23.8 Å². The smallest absolute Gasteiger partial charge is 0.170 e. The van der Waals surface area contributed by atoms with Crippen molar-refractivity contribution in [2.45, 2.75) is 18.9 Å². The van der Waals surface area contributed by atoms with Crippen LogP contribution < -0.4 is 16.0 Å². The van der Waals surface area contributed by atoms with Gasteiger partial charge in [-0.25, -0.2) is 0 Å². The Labute approximate surface area is 142 Å². The fourth-order valence-corrected chi connectivity index (χ4v) is 2.71. The predicted molar refractivity (Wildman–Crippen MR) is 99.4 cm³/mol. The second-order valence-corrected chi connectivity index (χ2v) is 5.95. The van der Waals surface area contributed by atoms with Gasteiger partial charge in [-0.2, -0.15) is 0 Å². The van der Waals surface area contributed by atoms with Gasteiger partial charge in [0.2, 0.25) is 0 Å². The van der Waals surface area contributed by atoms with Crippen molar-refractivity contribution in [3.8, 4) is 0 Å². The second-order valence-electron chi connectivity index (χ2n) is 5.54. The average molecular weight is 327 g/mol. The maximum Gasteiger partial charge on any atom is 0.170 e. The van der Waals surface area contributed by atoms with Gasteiger partial charge in [0, 0.05) is 30.2 Å². The summed E-state index contributed by atoms with van der Waals surface area (Å²) in [7, 11) is 0. The molecule has 1 aliphatic heterocycles. The zero-order valence-electron chi connectivity index (χ0n) is 12.9. The highest BCUT2D eigenvalue weighted by atomic mass is 32.1. The van der Waals surface area contributed by atoms with E-state index in [0.29, 0.717) is 5.11 Å². The Bertz CT molecular complexity index is 624. The van der Waals surface area contributed by atoms with E-state index in [0.717, 1.165) is 43.1 Å². The molecule has 0 saturated carbocycles. The molecular weight excluding hydrogens is 306 g/mol. The largest absolute Gasteiger partial charge is 0.376 e. The molecule has 120 valence electrons. The Kier molecular flexibility index (Phi) is 5.45. The van der Waals surface area contributed by atoms with Crippen molar-refractivity contribution in [3.05, 3.63) is 54.6 Å². The van der Waals surface area contributed by atoms with E-state index in [1.54, 1.807) is 0 Å². The molecule has 0 spiro atoms. The SMILES string of the molecule is S=C(NC[C@H]1CCCO1)Nc1ccc(Nc2ccccc2)cc1. The van der Waals surface area contributed by atoms with E-state index in [4.69, 9.17) is 17.0 Å². The van der Waals surface area contributed by atoms with Gasteiger partial charge in [-0.1, -0.05) is 18.2 Å². The Balaban J connectivity index is 1.47. The fraction of sp³-hybridized carbons (Fsp3) is 0.278. The van der Waals surface area contributed by atoms with Crippen molar-refractivity contribution >= 4 is 34.4 Å². The highest BCUT2D eigenvalue weighted by Crippen LogP contribution is 2.18. The van der Waals surface area contributed by atoms with Gasteiger partial charge < -0.3 is 20.7 Å². The summed E-state index contributed by atoms with van der Waals surface area (Å²) < 4.78 is 5.57. The van der Waals surface area contributed by atoms with Crippen LogP contribution in [0, 0.1) is 0 Å². The summed E-state index contributed by atoms with van der Waals surface area (Å²) in [6, 6.07) is 18.2. The van der Waals surface area contributed by atoms with Crippen molar-refractivity contribution in [2.24, 2.45) is 0 Å². The molecule has 4 nitrogen and oxygen atoms in total. The molecule has 23 heavy (non-hydrogen) atoms. The molecule has 0 aromatic heterocycles. The van der Waals surface area contributed by atoms with E-state index in [1.165, 1.54) is 0 Å². The molecule has 5 heteroatoms. The van der Waals surface area contributed by atoms with Gasteiger partial charge in [0.05, 0.1) is 6.10 Å². The van der Waals surface area contributed by atoms with Crippen LogP contribution in [-0.2, 0) is 4.74 Å². The first-order chi connectivity index (χ1) is 11.3. The summed E-state index contributed by atoms with van der Waals surface area (Å²) in [4.78, 5) is 0. The molecule has 3 rings (SSSR count). The molecule has 0 unspecified atom stereocenters. The third kappa shape index (κ3) is 4.94. The van der Waals surface area contributed by atoms with Crippen molar-refractivity contribution in [1.29, 1.82) is 0 Å². The Morgan fingerprint density at radius 1 is 1.00 bits per heavy atom. The molecular formula is C18H21N3OS. The van der Waals surface area contributed by atoms with Crippen molar-refractivity contribution in [3.63, 3.8) is 0 Å². The van der Waals surface area contributed by atoms with Crippen molar-refractivity contribution in [1.82, 2.24) is 5.32 Å². The molecule has 0 amide bonds. The molecule has 1 fully saturated rings. The molecule has 0 bridgehead atoms. The number of anilines is 3. The molecule has 1 saturated heterocycles. The molecule has 3 N–H and O–H groups in total. The molecule has 1 heterocycles. The third-order valence-electron chi connectivity index (χ3n) is 3.72. The second kappa shape index (κ2) is 7.94. The fourth-order valence-electron chi connectivity index (χ4n) is 2.51. The maximum atomic E-state index is 5.57. The van der Waals surface area contributed by atoms with E-state index in [1.807, 2.05) is 54.6 Å². The lowest BCUT2D eigenvalue weighted by molar-refractivity contribution is 0.114. The Hall–Kier alpha value is -2.11. The molecule has 1 atom stereocenters. The minimum Gasteiger partial charge on any atom is -0.376 e. The quantitative estimate of drug-likeness (QED) is 0.727. The van der Waals surface area contributed by atoms with Gasteiger partial charge in [0.25, 0.3) is 0 Å². The van der Waals surface area contributed by atoms with Crippen LogP contribution in [0.25, 0.3) is 0 Å². The third-order valence-corrected chi connectivity index (χ3v) is 3.97. The van der Waals surface area contributed by atoms with Gasteiger partial charge in [0.15, 0.2) is 5.11 Å². The van der Waals surface area contributed by atoms with E-state index in [9.17, 15) is 0 Å². The van der Waals surface area contributed by atoms with Crippen LogP contribution in [0.1, 0.15) is 12.8 Å². The summed E-state index contributed by atoms with van der Waals surface area (Å²) >= 11 is 5.32. The molecule has 2 aromatic rings. The molecule has 1 aliphatic rings. The van der Waals surface area contributed by atoms with E-state index >= 15 is 0 Å². The number of nitrogens with one attached hydrogen (secondary N) is 3. The Morgan fingerprint density at radius 2 is 1.70 bits per heavy atom.